The van der Waals surface area contributed by atoms with Gasteiger partial charge >= 0.3 is 0 Å². The van der Waals surface area contributed by atoms with Crippen molar-refractivity contribution in [1.82, 2.24) is 40.3 Å². The van der Waals surface area contributed by atoms with E-state index in [1.54, 1.807) is 48.0 Å². The maximum Gasteiger partial charge on any atom is 0.246 e. The average molecular weight is 1110 g/mol. The molecule has 6 aromatic rings. The summed E-state index contributed by atoms with van der Waals surface area (Å²) in [5.74, 6) is -1.78. The number of nitrogens with zero attached hydrogens (tertiary/aromatic N) is 7. The van der Waals surface area contributed by atoms with E-state index in [2.05, 4.69) is 25.9 Å². The molecule has 2 saturated heterocycles. The third-order valence-corrected chi connectivity index (χ3v) is 15.5. The molecule has 0 bridgehead atoms. The second-order valence-electron chi connectivity index (χ2n) is 21.3. The lowest BCUT2D eigenvalue weighted by atomic mass is 9.85. The van der Waals surface area contributed by atoms with Crippen LogP contribution in [0.5, 0.6) is 5.75 Å². The van der Waals surface area contributed by atoms with Crippen molar-refractivity contribution in [2.24, 2.45) is 5.41 Å². The van der Waals surface area contributed by atoms with E-state index >= 15 is 4.39 Å². The molecule has 2 aliphatic rings. The molecular formula is C57H68ClFN10O8S. The molecule has 4 aromatic carbocycles. The lowest BCUT2D eigenvalue weighted by Crippen LogP contribution is -2.58. The van der Waals surface area contributed by atoms with E-state index < -0.39 is 47.1 Å². The van der Waals surface area contributed by atoms with E-state index in [9.17, 15) is 34.2 Å². The molecule has 8 rings (SSSR count). The van der Waals surface area contributed by atoms with Gasteiger partial charge in [0.25, 0.3) is 0 Å². The highest BCUT2D eigenvalue weighted by Crippen LogP contribution is 2.42. The van der Waals surface area contributed by atoms with Crippen molar-refractivity contribution in [2.75, 3.05) is 76.8 Å². The summed E-state index contributed by atoms with van der Waals surface area (Å²) >= 11 is 8.47. The van der Waals surface area contributed by atoms with Gasteiger partial charge in [-0.3, -0.25) is 24.0 Å². The number of hydrogen-bond donors (Lipinski definition) is 5. The number of nitrogens with one attached hydrogen (secondary N) is 3. The van der Waals surface area contributed by atoms with Crippen molar-refractivity contribution >= 4 is 85.9 Å². The molecule has 2 unspecified atom stereocenters. The minimum Gasteiger partial charge on any atom is -0.508 e. The first-order valence-electron chi connectivity index (χ1n) is 26.2. The topological polar surface area (TPSA) is 223 Å². The maximum absolute atomic E-state index is 17.0. The number of fused-ring (bicyclic) bond motifs is 2. The van der Waals surface area contributed by atoms with E-state index in [4.69, 9.17) is 21.3 Å². The summed E-state index contributed by atoms with van der Waals surface area (Å²) < 4.78 is 22.7. The Morgan fingerprint density at radius 2 is 1.68 bits per heavy atom. The molecule has 414 valence electrons. The van der Waals surface area contributed by atoms with Gasteiger partial charge in [-0.1, -0.05) is 80.9 Å². The summed E-state index contributed by atoms with van der Waals surface area (Å²) in [4.78, 5) is 88.4. The molecule has 2 aliphatic heterocycles. The van der Waals surface area contributed by atoms with Crippen LogP contribution < -0.4 is 20.9 Å². The number of anilines is 2. The van der Waals surface area contributed by atoms with Crippen LogP contribution in [0.2, 0.25) is 5.02 Å². The first-order valence-corrected chi connectivity index (χ1v) is 27.5. The Bertz CT molecular complexity index is 3180. The number of phenolic OH excluding ortho intramolecular Hbond substituents is 1. The number of unbranched alkanes of at least 4 members (excludes halogenated alkanes) is 1. The van der Waals surface area contributed by atoms with Gasteiger partial charge in [0.2, 0.25) is 35.5 Å². The molecule has 4 heterocycles. The fourth-order valence-corrected chi connectivity index (χ4v) is 11.0. The average Bonchev–Trinajstić information content (AvgIpc) is 4.18. The Balaban J connectivity index is 0.826. The van der Waals surface area contributed by atoms with Crippen molar-refractivity contribution in [3.05, 3.63) is 94.3 Å². The summed E-state index contributed by atoms with van der Waals surface area (Å²) in [6, 6.07) is 17.5. The van der Waals surface area contributed by atoms with Gasteiger partial charge in [0, 0.05) is 90.2 Å². The SMILES string of the molecule is Cc1ncsc1-c1ccc(C(C)NC(=O)[C@@H]2C[C@@H](O)CN2C(=O)C(NC(=O)COCCCCC(=O)N2CCN(c3nc(NCCC(=O)N(C)C)nc4c(F)c(-c5cc(O)cc6ccccc56)c(Cl)cc34)CC2)C(C)(C)C)cc1. The van der Waals surface area contributed by atoms with Crippen molar-refractivity contribution in [3.63, 3.8) is 0 Å². The quantitative estimate of drug-likeness (QED) is 0.0497. The van der Waals surface area contributed by atoms with Gasteiger partial charge in [0.1, 0.15) is 35.8 Å². The first-order chi connectivity index (χ1) is 37.2. The number of halogens is 2. The standard InChI is InChI=1S/C57H68ClFN10O8S/c1-33(35-15-17-36(18-16-35)51-34(2)61-32-78-51)62-54(75)44-28-39(71)30-69(44)55(76)52(57(3,4)5)63-45(72)31-77-25-11-10-14-47(74)67-21-23-68(24-22-67)53-42-29-43(58)48(41-27-38(70)26-37-12-8-9-13-40(37)41)49(59)50(42)64-56(65-53)60-20-19-46(73)66(6)7/h8-9,12-13,15-18,26-27,29,32-33,39,44,52,70-71H,10-11,14,19-25,28,30-31H2,1-7H3,(H,62,75)(H,63,72)(H,60,64,65)/t33?,39-,44+,52?/m1/s1. The third-order valence-electron chi connectivity index (χ3n) is 14.3. The first kappa shape index (κ1) is 57.2. The van der Waals surface area contributed by atoms with Gasteiger partial charge in [-0.05, 0) is 77.8 Å². The molecule has 21 heteroatoms. The molecule has 18 nitrogen and oxygen atoms in total. The number of hydrogen-bond acceptors (Lipinski definition) is 14. The van der Waals surface area contributed by atoms with Crippen molar-refractivity contribution < 1.29 is 43.3 Å². The van der Waals surface area contributed by atoms with Crippen molar-refractivity contribution in [1.29, 1.82) is 0 Å². The Morgan fingerprint density at radius 1 is 0.949 bits per heavy atom. The van der Waals surface area contributed by atoms with Crippen LogP contribution in [0.1, 0.15) is 77.1 Å². The van der Waals surface area contributed by atoms with Gasteiger partial charge in [0.05, 0.1) is 33.3 Å². The van der Waals surface area contributed by atoms with Crippen LogP contribution in [0.25, 0.3) is 43.2 Å². The molecule has 4 atom stereocenters. The number of aryl methyl sites for hydroxylation is 1. The highest BCUT2D eigenvalue weighted by Gasteiger charge is 2.45. The second kappa shape index (κ2) is 24.8. The number of β-amino-alcohol motifs (C(OH)–C–C–N with tert-alkyl or cyclic N) is 1. The lowest BCUT2D eigenvalue weighted by Gasteiger charge is -2.36. The molecule has 2 fully saturated rings. The number of aliphatic hydroxyl groups is 1. The number of carbonyl (C=O) groups excluding carboxylic acids is 5. The minimum atomic E-state index is -1.02. The van der Waals surface area contributed by atoms with Gasteiger partial charge < -0.3 is 50.5 Å². The van der Waals surface area contributed by atoms with E-state index in [-0.39, 0.29) is 91.2 Å². The number of thiazole rings is 1. The molecular weight excluding hydrogens is 1040 g/mol. The molecule has 5 amide bonds. The van der Waals surface area contributed by atoms with Gasteiger partial charge in [-0.25, -0.2) is 14.4 Å². The fraction of sp³-hybridized carbons (Fsp3) is 0.439. The summed E-state index contributed by atoms with van der Waals surface area (Å²) in [5.41, 5.74) is 4.37. The van der Waals surface area contributed by atoms with Crippen LogP contribution in [0, 0.1) is 18.2 Å². The third kappa shape index (κ3) is 13.3. The zero-order valence-electron chi connectivity index (χ0n) is 45.1. The highest BCUT2D eigenvalue weighted by molar-refractivity contribution is 7.13. The summed E-state index contributed by atoms with van der Waals surface area (Å²) in [6.45, 7) is 10.7. The number of likely N-dealkylation sites (tertiary alicyclic amines) is 1. The predicted octanol–water partition coefficient (Wildman–Crippen LogP) is 7.48. The number of carbonyl (C=O) groups is 5. The minimum absolute atomic E-state index is 0.00120. The number of aromatic hydroxyl groups is 1. The van der Waals surface area contributed by atoms with Gasteiger partial charge in [0.15, 0.2) is 5.82 Å². The van der Waals surface area contributed by atoms with E-state index in [1.165, 1.54) is 15.9 Å². The zero-order chi connectivity index (χ0) is 56.0. The van der Waals surface area contributed by atoms with Crippen molar-refractivity contribution in [2.45, 2.75) is 91.0 Å². The number of aliphatic hydroxyl groups excluding tert-OH is 1. The fourth-order valence-electron chi connectivity index (χ4n) is 9.94. The molecule has 0 saturated carbocycles. The number of piperazine rings is 1. The van der Waals surface area contributed by atoms with E-state index in [0.29, 0.717) is 66.6 Å². The monoisotopic (exact) mass is 1110 g/mol. The van der Waals surface area contributed by atoms with Crippen LogP contribution in [-0.2, 0) is 28.7 Å². The van der Waals surface area contributed by atoms with E-state index in [0.717, 1.165) is 21.7 Å². The van der Waals surface area contributed by atoms with Crippen LogP contribution in [0.15, 0.2) is 72.2 Å². The zero-order valence-corrected chi connectivity index (χ0v) is 46.6. The van der Waals surface area contributed by atoms with E-state index in [1.807, 2.05) is 88.0 Å². The van der Waals surface area contributed by atoms with Crippen molar-refractivity contribution in [3.8, 4) is 27.3 Å². The molecule has 2 aromatic heterocycles. The number of benzene rings is 4. The lowest BCUT2D eigenvalue weighted by molar-refractivity contribution is -0.144. The Labute approximate surface area is 462 Å². The molecule has 0 aliphatic carbocycles. The van der Waals surface area contributed by atoms with Crippen LogP contribution in [0.4, 0.5) is 16.2 Å². The number of rotatable bonds is 19. The molecule has 78 heavy (non-hydrogen) atoms. The molecule has 0 spiro atoms. The summed E-state index contributed by atoms with van der Waals surface area (Å²) in [7, 11) is 3.32. The Kier molecular flexibility index (Phi) is 18.2. The Hall–Kier alpha value is -7.00. The summed E-state index contributed by atoms with van der Waals surface area (Å²) in [5, 5.41) is 32.1. The number of aromatic nitrogens is 3. The largest absolute Gasteiger partial charge is 0.508 e. The normalized spacial score (nSPS) is 16.6. The van der Waals surface area contributed by atoms with Crippen LogP contribution >= 0.6 is 22.9 Å². The van der Waals surface area contributed by atoms with Gasteiger partial charge in [-0.2, -0.15) is 4.98 Å². The number of phenols is 1. The highest BCUT2D eigenvalue weighted by atomic mass is 35.5. The smallest absolute Gasteiger partial charge is 0.246 e. The van der Waals surface area contributed by atoms with Gasteiger partial charge in [-0.15, -0.1) is 11.3 Å². The number of amides is 5. The molecule has 5 N–H and O–H groups in total. The second-order valence-corrected chi connectivity index (χ2v) is 22.5. The summed E-state index contributed by atoms with van der Waals surface area (Å²) in [6.07, 6.45) is 0.530. The maximum atomic E-state index is 17.0. The van der Waals surface area contributed by atoms with Crippen LogP contribution in [0.3, 0.4) is 0 Å². The predicted molar refractivity (Wildman–Crippen MR) is 301 cm³/mol. The number of ether oxygens (including phenoxy) is 1. The molecule has 0 radical (unpaired) electrons. The Morgan fingerprint density at radius 3 is 2.37 bits per heavy atom. The van der Waals surface area contributed by atoms with Crippen LogP contribution in [-0.4, -0.2) is 154 Å².